The maximum atomic E-state index is 13.0. The summed E-state index contributed by atoms with van der Waals surface area (Å²) in [4.78, 5) is 12.5. The van der Waals surface area contributed by atoms with E-state index in [0.717, 1.165) is 5.56 Å². The molecule has 3 aromatic heterocycles. The fraction of sp³-hybridized carbons (Fsp3) is 0.118. The molecular weight excluding hydrogens is 397 g/mol. The standard InChI is InChI=1S/C17H16FN9OS/c1-9-12(6-7-28-9)14-25-26-17(27(14)20)29-8-13-22-15(19)24-16(23-13)21-11-4-2-10(18)3-5-11/h2-7H,8,20H2,1H3,(H3,19,21,22,23,24). The highest BCUT2D eigenvalue weighted by Crippen LogP contribution is 2.26. The lowest BCUT2D eigenvalue weighted by molar-refractivity contribution is 0.535. The van der Waals surface area contributed by atoms with E-state index in [1.165, 1.54) is 28.6 Å². The van der Waals surface area contributed by atoms with Crippen molar-refractivity contribution in [3.05, 3.63) is 54.0 Å². The molecular formula is C17H16FN9OS. The molecule has 148 valence electrons. The van der Waals surface area contributed by atoms with Crippen LogP contribution in [0.2, 0.25) is 0 Å². The molecule has 29 heavy (non-hydrogen) atoms. The van der Waals surface area contributed by atoms with Gasteiger partial charge in [0.15, 0.2) is 5.82 Å². The van der Waals surface area contributed by atoms with Crippen LogP contribution in [0.1, 0.15) is 11.6 Å². The number of benzene rings is 1. The number of nitrogens with zero attached hydrogens (tertiary/aromatic N) is 6. The third kappa shape index (κ3) is 4.11. The van der Waals surface area contributed by atoms with Crippen molar-refractivity contribution >= 4 is 29.3 Å². The van der Waals surface area contributed by atoms with Gasteiger partial charge in [-0.05, 0) is 37.3 Å². The fourth-order valence-electron chi connectivity index (χ4n) is 2.53. The molecule has 0 bridgehead atoms. The zero-order valence-corrected chi connectivity index (χ0v) is 16.0. The summed E-state index contributed by atoms with van der Waals surface area (Å²) >= 11 is 1.30. The van der Waals surface area contributed by atoms with Crippen LogP contribution in [0.5, 0.6) is 0 Å². The van der Waals surface area contributed by atoms with Gasteiger partial charge in [0.05, 0.1) is 17.6 Å². The molecule has 10 nitrogen and oxygen atoms in total. The first kappa shape index (κ1) is 18.7. The molecule has 0 radical (unpaired) electrons. The summed E-state index contributed by atoms with van der Waals surface area (Å²) in [5.74, 6) is 8.04. The average Bonchev–Trinajstić information content (AvgIpc) is 3.26. The van der Waals surface area contributed by atoms with Crippen LogP contribution in [0.4, 0.5) is 22.0 Å². The molecule has 0 aliphatic rings. The Hall–Kier alpha value is -3.67. The van der Waals surface area contributed by atoms with Gasteiger partial charge < -0.3 is 21.3 Å². The molecule has 0 atom stereocenters. The van der Waals surface area contributed by atoms with Gasteiger partial charge in [-0.2, -0.15) is 15.0 Å². The van der Waals surface area contributed by atoms with Gasteiger partial charge in [-0.1, -0.05) is 11.8 Å². The van der Waals surface area contributed by atoms with Crippen molar-refractivity contribution in [1.29, 1.82) is 0 Å². The number of anilines is 3. The summed E-state index contributed by atoms with van der Waals surface area (Å²) < 4.78 is 19.7. The number of aromatic nitrogens is 6. The number of aryl methyl sites for hydroxylation is 1. The number of hydrogen-bond donors (Lipinski definition) is 3. The number of nitrogens with one attached hydrogen (secondary N) is 1. The Morgan fingerprint density at radius 1 is 1.14 bits per heavy atom. The van der Waals surface area contributed by atoms with Gasteiger partial charge in [0.2, 0.25) is 17.1 Å². The molecule has 0 aliphatic carbocycles. The second-order valence-corrected chi connectivity index (χ2v) is 6.86. The summed E-state index contributed by atoms with van der Waals surface area (Å²) in [6, 6.07) is 7.57. The van der Waals surface area contributed by atoms with Crippen LogP contribution in [-0.4, -0.2) is 29.8 Å². The second-order valence-electron chi connectivity index (χ2n) is 5.92. The van der Waals surface area contributed by atoms with Gasteiger partial charge in [-0.15, -0.1) is 10.2 Å². The minimum Gasteiger partial charge on any atom is -0.469 e. The van der Waals surface area contributed by atoms with E-state index in [0.29, 0.717) is 34.0 Å². The summed E-state index contributed by atoms with van der Waals surface area (Å²) in [7, 11) is 0. The van der Waals surface area contributed by atoms with Crippen LogP contribution in [0.3, 0.4) is 0 Å². The Bertz CT molecular complexity index is 1140. The summed E-state index contributed by atoms with van der Waals surface area (Å²) in [6.07, 6.45) is 1.56. The van der Waals surface area contributed by atoms with E-state index in [9.17, 15) is 4.39 Å². The lowest BCUT2D eigenvalue weighted by atomic mass is 10.2. The average molecular weight is 413 g/mol. The number of halogens is 1. The molecule has 0 saturated carbocycles. The van der Waals surface area contributed by atoms with Crippen molar-refractivity contribution < 1.29 is 8.81 Å². The second kappa shape index (κ2) is 7.75. The molecule has 0 saturated heterocycles. The minimum atomic E-state index is -0.335. The van der Waals surface area contributed by atoms with E-state index in [4.69, 9.17) is 16.0 Å². The number of thioether (sulfide) groups is 1. The van der Waals surface area contributed by atoms with E-state index in [1.54, 1.807) is 24.5 Å². The number of furan rings is 1. The highest BCUT2D eigenvalue weighted by atomic mass is 32.2. The lowest BCUT2D eigenvalue weighted by Crippen LogP contribution is -2.12. The molecule has 4 rings (SSSR count). The lowest BCUT2D eigenvalue weighted by Gasteiger charge is -2.07. The molecule has 5 N–H and O–H groups in total. The first-order valence-corrected chi connectivity index (χ1v) is 9.39. The normalized spacial score (nSPS) is 11.0. The van der Waals surface area contributed by atoms with Gasteiger partial charge in [0, 0.05) is 5.69 Å². The molecule has 0 amide bonds. The highest BCUT2D eigenvalue weighted by Gasteiger charge is 2.16. The topological polar surface area (TPSA) is 147 Å². The maximum Gasteiger partial charge on any atom is 0.232 e. The molecule has 0 unspecified atom stereocenters. The molecule has 12 heteroatoms. The van der Waals surface area contributed by atoms with Gasteiger partial charge in [0.1, 0.15) is 17.4 Å². The Kier molecular flexibility index (Phi) is 4.99. The predicted molar refractivity (Wildman–Crippen MR) is 106 cm³/mol. The van der Waals surface area contributed by atoms with E-state index in [-0.39, 0.29) is 17.7 Å². The number of hydrogen-bond acceptors (Lipinski definition) is 10. The molecule has 4 aromatic rings. The monoisotopic (exact) mass is 413 g/mol. The van der Waals surface area contributed by atoms with Crippen LogP contribution in [0.25, 0.3) is 11.4 Å². The van der Waals surface area contributed by atoms with Gasteiger partial charge in [-0.25, -0.2) is 9.07 Å². The summed E-state index contributed by atoms with van der Waals surface area (Å²) in [5.41, 5.74) is 7.17. The van der Waals surface area contributed by atoms with E-state index in [1.807, 2.05) is 6.92 Å². The third-order valence-corrected chi connectivity index (χ3v) is 4.83. The zero-order chi connectivity index (χ0) is 20.4. The quantitative estimate of drug-likeness (QED) is 0.318. The number of nitrogens with two attached hydrogens (primary N) is 2. The molecule has 0 fully saturated rings. The molecule has 0 aliphatic heterocycles. The van der Waals surface area contributed by atoms with Crippen molar-refractivity contribution in [3.8, 4) is 11.4 Å². The molecule has 0 spiro atoms. The Balaban J connectivity index is 1.49. The van der Waals surface area contributed by atoms with Crippen molar-refractivity contribution in [1.82, 2.24) is 29.8 Å². The first-order chi connectivity index (χ1) is 14.0. The minimum absolute atomic E-state index is 0.0594. The summed E-state index contributed by atoms with van der Waals surface area (Å²) in [5, 5.41) is 11.7. The summed E-state index contributed by atoms with van der Waals surface area (Å²) in [6.45, 7) is 1.82. The van der Waals surface area contributed by atoms with Crippen LogP contribution >= 0.6 is 11.8 Å². The van der Waals surface area contributed by atoms with Gasteiger partial charge in [-0.3, -0.25) is 0 Å². The SMILES string of the molecule is Cc1occc1-c1nnc(SCc2nc(N)nc(Nc3ccc(F)cc3)n2)n1N. The van der Waals surface area contributed by atoms with Crippen LogP contribution in [0.15, 0.2) is 46.2 Å². The van der Waals surface area contributed by atoms with E-state index < -0.39 is 0 Å². The van der Waals surface area contributed by atoms with Gasteiger partial charge in [0.25, 0.3) is 0 Å². The van der Waals surface area contributed by atoms with Crippen LogP contribution in [-0.2, 0) is 5.75 Å². The Morgan fingerprint density at radius 3 is 2.66 bits per heavy atom. The Morgan fingerprint density at radius 2 is 1.93 bits per heavy atom. The smallest absolute Gasteiger partial charge is 0.232 e. The molecule has 1 aromatic carbocycles. The maximum absolute atomic E-state index is 13.0. The number of nitrogen functional groups attached to an aromatic ring is 2. The van der Waals surface area contributed by atoms with E-state index >= 15 is 0 Å². The van der Waals surface area contributed by atoms with Gasteiger partial charge >= 0.3 is 0 Å². The zero-order valence-electron chi connectivity index (χ0n) is 15.2. The van der Waals surface area contributed by atoms with Crippen molar-refractivity contribution in [2.24, 2.45) is 0 Å². The largest absolute Gasteiger partial charge is 0.469 e. The first-order valence-electron chi connectivity index (χ1n) is 8.40. The predicted octanol–water partition coefficient (Wildman–Crippen LogP) is 2.50. The Labute approximate surface area is 168 Å². The van der Waals surface area contributed by atoms with Crippen LogP contribution < -0.4 is 16.9 Å². The fourth-order valence-corrected chi connectivity index (χ4v) is 3.24. The number of rotatable bonds is 6. The van der Waals surface area contributed by atoms with Crippen molar-refractivity contribution in [3.63, 3.8) is 0 Å². The van der Waals surface area contributed by atoms with E-state index in [2.05, 4.69) is 30.5 Å². The highest BCUT2D eigenvalue weighted by molar-refractivity contribution is 7.98. The third-order valence-electron chi connectivity index (χ3n) is 3.89. The van der Waals surface area contributed by atoms with Crippen molar-refractivity contribution in [2.45, 2.75) is 17.8 Å². The van der Waals surface area contributed by atoms with Crippen LogP contribution in [0, 0.1) is 12.7 Å². The molecule has 3 heterocycles. The van der Waals surface area contributed by atoms with Crippen molar-refractivity contribution in [2.75, 3.05) is 16.9 Å².